The molecule has 0 radical (unpaired) electrons. The molecule has 0 aliphatic rings. The summed E-state index contributed by atoms with van der Waals surface area (Å²) in [6.45, 7) is 1.42. The Hall–Kier alpha value is -3.09. The number of nitrogens with one attached hydrogen (secondary N) is 3. The number of amides is 3. The highest BCUT2D eigenvalue weighted by molar-refractivity contribution is 5.93. The van der Waals surface area contributed by atoms with Gasteiger partial charge in [-0.3, -0.25) is 4.79 Å². The average molecular weight is 373 g/mol. The topological polar surface area (TPSA) is 79.5 Å². The monoisotopic (exact) mass is 373 g/mol. The van der Waals surface area contributed by atoms with E-state index < -0.39 is 0 Å². The van der Waals surface area contributed by atoms with Gasteiger partial charge in [-0.25, -0.2) is 9.18 Å². The van der Waals surface area contributed by atoms with Gasteiger partial charge in [0.25, 0.3) is 5.91 Å². The van der Waals surface area contributed by atoms with Crippen LogP contribution in [0, 0.1) is 5.82 Å². The summed E-state index contributed by atoms with van der Waals surface area (Å²) >= 11 is 0. The first-order valence-electron chi connectivity index (χ1n) is 8.79. The predicted molar refractivity (Wildman–Crippen MR) is 101 cm³/mol. The van der Waals surface area contributed by atoms with Gasteiger partial charge in [-0.2, -0.15) is 0 Å². The molecule has 0 aromatic heterocycles. The SMILES string of the molecule is CNC(=O)c1ccc(CNC(=O)NCCCCOc2ccc(F)cc2)cc1. The third-order valence-electron chi connectivity index (χ3n) is 3.84. The molecule has 7 heteroatoms. The Morgan fingerprint density at radius 3 is 2.33 bits per heavy atom. The Kier molecular flexibility index (Phi) is 8.09. The Morgan fingerprint density at radius 2 is 1.67 bits per heavy atom. The zero-order valence-electron chi connectivity index (χ0n) is 15.3. The van der Waals surface area contributed by atoms with E-state index in [1.54, 1.807) is 43.4 Å². The number of benzene rings is 2. The van der Waals surface area contributed by atoms with E-state index in [9.17, 15) is 14.0 Å². The lowest BCUT2D eigenvalue weighted by Gasteiger charge is -2.09. The van der Waals surface area contributed by atoms with Crippen LogP contribution in [0.5, 0.6) is 5.75 Å². The zero-order valence-corrected chi connectivity index (χ0v) is 15.3. The number of halogens is 1. The number of ether oxygens (including phenoxy) is 1. The molecule has 6 nitrogen and oxygen atoms in total. The molecule has 0 bridgehead atoms. The van der Waals surface area contributed by atoms with E-state index in [0.717, 1.165) is 18.4 Å². The molecule has 2 rings (SSSR count). The number of unbranched alkanes of at least 4 members (excludes halogenated alkanes) is 1. The average Bonchev–Trinajstić information content (AvgIpc) is 2.70. The molecule has 144 valence electrons. The van der Waals surface area contributed by atoms with Gasteiger partial charge in [0.05, 0.1) is 6.61 Å². The van der Waals surface area contributed by atoms with Crippen LogP contribution >= 0.6 is 0 Å². The molecule has 2 aromatic carbocycles. The molecule has 3 N–H and O–H groups in total. The lowest BCUT2D eigenvalue weighted by Crippen LogP contribution is -2.35. The van der Waals surface area contributed by atoms with Crippen LogP contribution in [0.3, 0.4) is 0 Å². The predicted octanol–water partition coefficient (Wildman–Crippen LogP) is 2.84. The van der Waals surface area contributed by atoms with E-state index in [2.05, 4.69) is 16.0 Å². The van der Waals surface area contributed by atoms with E-state index in [1.165, 1.54) is 12.1 Å². The lowest BCUT2D eigenvalue weighted by atomic mass is 10.1. The van der Waals surface area contributed by atoms with Crippen LogP contribution in [0.25, 0.3) is 0 Å². The summed E-state index contributed by atoms with van der Waals surface area (Å²) in [5.41, 5.74) is 1.49. The van der Waals surface area contributed by atoms with Crippen molar-refractivity contribution in [3.63, 3.8) is 0 Å². The zero-order chi connectivity index (χ0) is 19.5. The van der Waals surface area contributed by atoms with Crippen molar-refractivity contribution in [3.8, 4) is 5.75 Å². The number of rotatable bonds is 9. The maximum Gasteiger partial charge on any atom is 0.315 e. The Morgan fingerprint density at radius 1 is 0.963 bits per heavy atom. The van der Waals surface area contributed by atoms with Gasteiger partial charge in [-0.15, -0.1) is 0 Å². The molecule has 0 atom stereocenters. The number of hydrogen-bond donors (Lipinski definition) is 3. The van der Waals surface area contributed by atoms with E-state index in [1.807, 2.05) is 0 Å². The molecule has 0 saturated heterocycles. The van der Waals surface area contributed by atoms with Crippen molar-refractivity contribution < 1.29 is 18.7 Å². The van der Waals surface area contributed by atoms with Gasteiger partial charge < -0.3 is 20.7 Å². The number of hydrogen-bond acceptors (Lipinski definition) is 3. The van der Waals surface area contributed by atoms with Crippen LogP contribution < -0.4 is 20.7 Å². The third-order valence-corrected chi connectivity index (χ3v) is 3.84. The van der Waals surface area contributed by atoms with Crippen molar-refractivity contribution in [1.82, 2.24) is 16.0 Å². The van der Waals surface area contributed by atoms with Gasteiger partial charge in [-0.1, -0.05) is 12.1 Å². The van der Waals surface area contributed by atoms with Crippen LogP contribution in [0.1, 0.15) is 28.8 Å². The molecule has 0 unspecified atom stereocenters. The highest BCUT2D eigenvalue weighted by atomic mass is 19.1. The number of carbonyl (C=O) groups is 2. The summed E-state index contributed by atoms with van der Waals surface area (Å²) in [4.78, 5) is 23.2. The molecule has 0 fully saturated rings. The van der Waals surface area contributed by atoms with E-state index in [4.69, 9.17) is 4.74 Å². The van der Waals surface area contributed by atoms with Gasteiger partial charge in [0.15, 0.2) is 0 Å². The van der Waals surface area contributed by atoms with Crippen molar-refractivity contribution in [1.29, 1.82) is 0 Å². The third kappa shape index (κ3) is 7.35. The first-order chi connectivity index (χ1) is 13.1. The largest absolute Gasteiger partial charge is 0.494 e. The minimum Gasteiger partial charge on any atom is -0.494 e. The minimum absolute atomic E-state index is 0.143. The minimum atomic E-state index is -0.292. The molecule has 0 saturated carbocycles. The summed E-state index contributed by atoms with van der Waals surface area (Å²) in [5.74, 6) is 0.195. The van der Waals surface area contributed by atoms with E-state index in [-0.39, 0.29) is 17.8 Å². The highest BCUT2D eigenvalue weighted by Gasteiger charge is 2.04. The fraction of sp³-hybridized carbons (Fsp3) is 0.300. The smallest absolute Gasteiger partial charge is 0.315 e. The summed E-state index contributed by atoms with van der Waals surface area (Å²) in [5, 5.41) is 8.10. The fourth-order valence-corrected chi connectivity index (χ4v) is 2.31. The van der Waals surface area contributed by atoms with Gasteiger partial charge >= 0.3 is 6.03 Å². The summed E-state index contributed by atoms with van der Waals surface area (Å²) in [7, 11) is 1.58. The molecule has 2 aromatic rings. The first-order valence-corrected chi connectivity index (χ1v) is 8.79. The van der Waals surface area contributed by atoms with Crippen LogP contribution in [0.2, 0.25) is 0 Å². The van der Waals surface area contributed by atoms with Crippen molar-refractivity contribution in [2.75, 3.05) is 20.2 Å². The lowest BCUT2D eigenvalue weighted by molar-refractivity contribution is 0.0963. The van der Waals surface area contributed by atoms with Gasteiger partial charge in [0.2, 0.25) is 0 Å². The van der Waals surface area contributed by atoms with Crippen LogP contribution in [-0.2, 0) is 6.54 Å². The van der Waals surface area contributed by atoms with Crippen molar-refractivity contribution in [3.05, 3.63) is 65.5 Å². The van der Waals surface area contributed by atoms with Crippen LogP contribution in [0.15, 0.2) is 48.5 Å². The molecule has 0 aliphatic heterocycles. The van der Waals surface area contributed by atoms with Crippen molar-refractivity contribution in [2.45, 2.75) is 19.4 Å². The Labute approximate surface area is 158 Å². The molecule has 0 heterocycles. The molecule has 0 aliphatic carbocycles. The number of carbonyl (C=O) groups excluding carboxylic acids is 2. The second-order valence-corrected chi connectivity index (χ2v) is 5.89. The van der Waals surface area contributed by atoms with Crippen LogP contribution in [0.4, 0.5) is 9.18 Å². The quantitative estimate of drug-likeness (QED) is 0.592. The summed E-state index contributed by atoms with van der Waals surface area (Å²) < 4.78 is 18.3. The Balaban J connectivity index is 1.55. The van der Waals surface area contributed by atoms with Gasteiger partial charge in [0, 0.05) is 25.7 Å². The molecule has 0 spiro atoms. The first kappa shape index (κ1) is 20.2. The van der Waals surface area contributed by atoms with E-state index in [0.29, 0.717) is 31.0 Å². The van der Waals surface area contributed by atoms with Crippen molar-refractivity contribution >= 4 is 11.9 Å². The fourth-order valence-electron chi connectivity index (χ4n) is 2.31. The molecular weight excluding hydrogens is 349 g/mol. The maximum atomic E-state index is 12.8. The highest BCUT2D eigenvalue weighted by Crippen LogP contribution is 2.11. The number of urea groups is 1. The second-order valence-electron chi connectivity index (χ2n) is 5.89. The van der Waals surface area contributed by atoms with Crippen LogP contribution in [-0.4, -0.2) is 32.1 Å². The maximum absolute atomic E-state index is 12.8. The normalized spacial score (nSPS) is 10.1. The van der Waals surface area contributed by atoms with Gasteiger partial charge in [0.1, 0.15) is 11.6 Å². The van der Waals surface area contributed by atoms with Crippen molar-refractivity contribution in [2.24, 2.45) is 0 Å². The van der Waals surface area contributed by atoms with E-state index >= 15 is 0 Å². The Bertz CT molecular complexity index is 733. The summed E-state index contributed by atoms with van der Waals surface area (Å²) in [6.07, 6.45) is 1.55. The molecule has 3 amide bonds. The standard InChI is InChI=1S/C20H24FN3O3/c1-22-19(25)16-6-4-15(5-7-16)14-24-20(26)23-12-2-3-13-27-18-10-8-17(21)9-11-18/h4-11H,2-3,12-14H2,1H3,(H,22,25)(H2,23,24,26). The molecule has 27 heavy (non-hydrogen) atoms. The van der Waals surface area contributed by atoms with Gasteiger partial charge in [-0.05, 0) is 54.8 Å². The second kappa shape index (κ2) is 10.8. The molecular formula is C20H24FN3O3. The summed E-state index contributed by atoms with van der Waals surface area (Å²) in [6, 6.07) is 12.7.